The van der Waals surface area contributed by atoms with Crippen LogP contribution in [0.3, 0.4) is 0 Å². The Balaban J connectivity index is 1.73. The molecule has 1 aromatic heterocycles. The third-order valence-electron chi connectivity index (χ3n) is 5.24. The molecule has 0 fully saturated rings. The fourth-order valence-corrected chi connectivity index (χ4v) is 4.02. The van der Waals surface area contributed by atoms with Crippen LogP contribution in [0.2, 0.25) is 0 Å². The number of nitrogens with zero attached hydrogens (tertiary/aromatic N) is 2. The van der Waals surface area contributed by atoms with E-state index in [0.29, 0.717) is 5.56 Å². The number of benzene rings is 3. The number of anilines is 1. The molecule has 1 amide bonds. The molecular formula is C25H18N2O. The Kier molecular flexibility index (Phi) is 3.99. The average Bonchev–Trinajstić information content (AvgIpc) is 3.10. The summed E-state index contributed by atoms with van der Waals surface area (Å²) in [4.78, 5) is 19.7. The average molecular weight is 362 g/mol. The Hall–Kier alpha value is -3.72. The van der Waals surface area contributed by atoms with Crippen molar-refractivity contribution in [3.63, 3.8) is 0 Å². The van der Waals surface area contributed by atoms with Crippen molar-refractivity contribution in [2.24, 2.45) is 0 Å². The van der Waals surface area contributed by atoms with E-state index in [2.05, 4.69) is 29.2 Å². The molecule has 0 aliphatic heterocycles. The van der Waals surface area contributed by atoms with Crippen LogP contribution in [0.25, 0.3) is 11.1 Å². The van der Waals surface area contributed by atoms with Crippen molar-refractivity contribution in [3.05, 3.63) is 120 Å². The minimum absolute atomic E-state index is 0.0247. The van der Waals surface area contributed by atoms with Gasteiger partial charge in [0.1, 0.15) is 0 Å². The molecule has 0 saturated carbocycles. The van der Waals surface area contributed by atoms with Crippen molar-refractivity contribution in [2.75, 3.05) is 4.90 Å². The van der Waals surface area contributed by atoms with Crippen LogP contribution in [-0.2, 0) is 0 Å². The molecule has 1 heterocycles. The Morgan fingerprint density at radius 2 is 1.21 bits per heavy atom. The SMILES string of the molecule is O=C(c1ccccc1)N(c1ccncc1)C1c2ccccc2-c2ccccc21. The second-order valence-electron chi connectivity index (χ2n) is 6.82. The number of hydrogen-bond acceptors (Lipinski definition) is 2. The molecule has 0 unspecified atom stereocenters. The normalized spacial score (nSPS) is 12.3. The Bertz CT molecular complexity index is 1090. The number of fused-ring (bicyclic) bond motifs is 3. The third kappa shape index (κ3) is 2.60. The lowest BCUT2D eigenvalue weighted by atomic mass is 10.0. The summed E-state index contributed by atoms with van der Waals surface area (Å²) in [6, 6.07) is 29.7. The molecule has 0 atom stereocenters. The summed E-state index contributed by atoms with van der Waals surface area (Å²) in [5.41, 5.74) is 6.15. The predicted octanol–water partition coefficient (Wildman–Crippen LogP) is 5.50. The van der Waals surface area contributed by atoms with E-state index in [9.17, 15) is 4.79 Å². The van der Waals surface area contributed by atoms with Crippen molar-refractivity contribution in [3.8, 4) is 11.1 Å². The quantitative estimate of drug-likeness (QED) is 0.482. The van der Waals surface area contributed by atoms with Gasteiger partial charge in [0.25, 0.3) is 5.91 Å². The maximum Gasteiger partial charge on any atom is 0.259 e. The number of rotatable bonds is 3. The van der Waals surface area contributed by atoms with E-state index in [0.717, 1.165) is 16.8 Å². The second-order valence-corrected chi connectivity index (χ2v) is 6.82. The first-order chi connectivity index (χ1) is 13.8. The van der Waals surface area contributed by atoms with Gasteiger partial charge in [-0.3, -0.25) is 14.7 Å². The van der Waals surface area contributed by atoms with Gasteiger partial charge in [0.05, 0.1) is 6.04 Å². The molecule has 3 aromatic carbocycles. The summed E-state index contributed by atoms with van der Waals surface area (Å²) in [6.45, 7) is 0. The van der Waals surface area contributed by atoms with Gasteiger partial charge in [-0.25, -0.2) is 0 Å². The zero-order valence-corrected chi connectivity index (χ0v) is 15.2. The molecule has 0 saturated heterocycles. The summed E-state index contributed by atoms with van der Waals surface area (Å²) in [5, 5.41) is 0. The van der Waals surface area contributed by atoms with Crippen LogP contribution in [0.5, 0.6) is 0 Å². The molecule has 28 heavy (non-hydrogen) atoms. The summed E-state index contributed by atoms with van der Waals surface area (Å²) in [6.07, 6.45) is 3.46. The lowest BCUT2D eigenvalue weighted by Gasteiger charge is -2.31. The molecular weight excluding hydrogens is 344 g/mol. The standard InChI is InChI=1S/C25H18N2O/c28-25(18-8-2-1-3-9-18)27(19-14-16-26-17-15-19)24-22-12-6-4-10-20(22)21-11-5-7-13-23(21)24/h1-17,24H. The van der Waals surface area contributed by atoms with Crippen LogP contribution in [0.1, 0.15) is 27.5 Å². The molecule has 3 heteroatoms. The minimum atomic E-state index is -0.178. The van der Waals surface area contributed by atoms with Crippen molar-refractivity contribution < 1.29 is 4.79 Å². The Morgan fingerprint density at radius 3 is 1.82 bits per heavy atom. The lowest BCUT2D eigenvalue weighted by Crippen LogP contribution is -2.34. The zero-order valence-electron chi connectivity index (χ0n) is 15.2. The molecule has 1 aliphatic carbocycles. The largest absolute Gasteiger partial charge is 0.297 e. The van der Waals surface area contributed by atoms with Gasteiger partial charge in [0.15, 0.2) is 0 Å². The van der Waals surface area contributed by atoms with Gasteiger partial charge in [0.2, 0.25) is 0 Å². The van der Waals surface area contributed by atoms with Gasteiger partial charge in [-0.15, -0.1) is 0 Å². The van der Waals surface area contributed by atoms with E-state index < -0.39 is 0 Å². The molecule has 1 aliphatic rings. The van der Waals surface area contributed by atoms with Crippen LogP contribution in [-0.4, -0.2) is 10.9 Å². The number of carbonyl (C=O) groups excluding carboxylic acids is 1. The van der Waals surface area contributed by atoms with Crippen LogP contribution in [0.15, 0.2) is 103 Å². The van der Waals surface area contributed by atoms with E-state index in [1.807, 2.05) is 71.6 Å². The highest BCUT2D eigenvalue weighted by molar-refractivity contribution is 6.07. The van der Waals surface area contributed by atoms with E-state index in [-0.39, 0.29) is 11.9 Å². The monoisotopic (exact) mass is 362 g/mol. The minimum Gasteiger partial charge on any atom is -0.297 e. The van der Waals surface area contributed by atoms with E-state index in [1.165, 1.54) is 11.1 Å². The van der Waals surface area contributed by atoms with Crippen LogP contribution in [0, 0.1) is 0 Å². The number of aromatic nitrogens is 1. The van der Waals surface area contributed by atoms with Gasteiger partial charge in [-0.1, -0.05) is 66.7 Å². The summed E-state index contributed by atoms with van der Waals surface area (Å²) >= 11 is 0. The van der Waals surface area contributed by atoms with Crippen LogP contribution >= 0.6 is 0 Å². The van der Waals surface area contributed by atoms with Crippen molar-refractivity contribution >= 4 is 11.6 Å². The van der Waals surface area contributed by atoms with Gasteiger partial charge in [-0.05, 0) is 46.5 Å². The fraction of sp³-hybridized carbons (Fsp3) is 0.0400. The third-order valence-corrected chi connectivity index (χ3v) is 5.24. The Morgan fingerprint density at radius 1 is 0.679 bits per heavy atom. The highest BCUT2D eigenvalue weighted by atomic mass is 16.2. The van der Waals surface area contributed by atoms with E-state index >= 15 is 0 Å². The molecule has 0 radical (unpaired) electrons. The van der Waals surface area contributed by atoms with E-state index in [1.54, 1.807) is 12.4 Å². The lowest BCUT2D eigenvalue weighted by molar-refractivity contribution is 0.0980. The number of hydrogen-bond donors (Lipinski definition) is 0. The first-order valence-corrected chi connectivity index (χ1v) is 9.31. The van der Waals surface area contributed by atoms with E-state index in [4.69, 9.17) is 0 Å². The number of amides is 1. The maximum atomic E-state index is 13.7. The van der Waals surface area contributed by atoms with Crippen molar-refractivity contribution in [1.82, 2.24) is 4.98 Å². The number of pyridine rings is 1. The summed E-state index contributed by atoms with van der Waals surface area (Å²) < 4.78 is 0. The summed E-state index contributed by atoms with van der Waals surface area (Å²) in [5.74, 6) is -0.0247. The van der Waals surface area contributed by atoms with Gasteiger partial charge in [-0.2, -0.15) is 0 Å². The molecule has 0 spiro atoms. The molecule has 0 bridgehead atoms. The van der Waals surface area contributed by atoms with Crippen LogP contribution < -0.4 is 4.90 Å². The topological polar surface area (TPSA) is 33.2 Å². The van der Waals surface area contributed by atoms with Crippen molar-refractivity contribution in [2.45, 2.75) is 6.04 Å². The first-order valence-electron chi connectivity index (χ1n) is 9.31. The molecule has 134 valence electrons. The zero-order chi connectivity index (χ0) is 18.9. The van der Waals surface area contributed by atoms with Gasteiger partial charge in [0, 0.05) is 23.6 Å². The molecule has 4 aromatic rings. The second kappa shape index (κ2) is 6.78. The molecule has 0 N–H and O–H groups in total. The smallest absolute Gasteiger partial charge is 0.259 e. The van der Waals surface area contributed by atoms with Gasteiger partial charge >= 0.3 is 0 Å². The highest BCUT2D eigenvalue weighted by Gasteiger charge is 2.36. The molecule has 3 nitrogen and oxygen atoms in total. The molecule has 5 rings (SSSR count). The first kappa shape index (κ1) is 16.5. The van der Waals surface area contributed by atoms with Crippen molar-refractivity contribution in [1.29, 1.82) is 0 Å². The van der Waals surface area contributed by atoms with Gasteiger partial charge < -0.3 is 0 Å². The Labute approximate surface area is 163 Å². The predicted molar refractivity (Wildman–Crippen MR) is 111 cm³/mol. The highest BCUT2D eigenvalue weighted by Crippen LogP contribution is 2.47. The summed E-state index contributed by atoms with van der Waals surface area (Å²) in [7, 11) is 0. The fourth-order valence-electron chi connectivity index (χ4n) is 4.02. The van der Waals surface area contributed by atoms with Crippen LogP contribution in [0.4, 0.5) is 5.69 Å². The maximum absolute atomic E-state index is 13.7. The number of carbonyl (C=O) groups is 1.